The number of likely N-dealkylation sites (N-methyl/N-ethyl adjacent to an activating group) is 1. The number of aromatic nitrogens is 1. The van der Waals surface area contributed by atoms with E-state index in [2.05, 4.69) is 15.2 Å². The van der Waals surface area contributed by atoms with Crippen LogP contribution in [-0.2, 0) is 4.79 Å². The van der Waals surface area contributed by atoms with Crippen molar-refractivity contribution in [3.05, 3.63) is 18.3 Å². The highest BCUT2D eigenvalue weighted by atomic mass is 16.2. The van der Waals surface area contributed by atoms with E-state index < -0.39 is 0 Å². The first-order chi connectivity index (χ1) is 6.83. The minimum Gasteiger partial charge on any atom is -0.357 e. The quantitative estimate of drug-likeness (QED) is 0.727. The molecule has 0 bridgehead atoms. The molecule has 0 saturated carbocycles. The lowest BCUT2D eigenvalue weighted by Gasteiger charge is -2.23. The van der Waals surface area contributed by atoms with Gasteiger partial charge in [0.05, 0.1) is 0 Å². The average molecular weight is 193 g/mol. The van der Waals surface area contributed by atoms with E-state index in [9.17, 15) is 4.79 Å². The van der Waals surface area contributed by atoms with Gasteiger partial charge in [-0.2, -0.15) is 0 Å². The maximum atomic E-state index is 11.6. The summed E-state index contributed by atoms with van der Waals surface area (Å²) in [7, 11) is 1.69. The minimum atomic E-state index is -0.00125. The minimum absolute atomic E-state index is 0.00125. The number of amides is 1. The smallest absolute Gasteiger partial charge is 0.242 e. The SMILES string of the molecule is CNC(=O)C1CCCN1c1ccc[nH]1. The second-order valence-electron chi connectivity index (χ2n) is 3.52. The average Bonchev–Trinajstić information content (AvgIpc) is 2.85. The summed E-state index contributed by atoms with van der Waals surface area (Å²) in [6, 6.07) is 3.95. The van der Waals surface area contributed by atoms with Crippen molar-refractivity contribution in [3.63, 3.8) is 0 Å². The second kappa shape index (κ2) is 3.74. The van der Waals surface area contributed by atoms with Crippen molar-refractivity contribution < 1.29 is 4.79 Å². The molecular weight excluding hydrogens is 178 g/mol. The molecular formula is C10H15N3O. The zero-order valence-corrected chi connectivity index (χ0v) is 8.29. The molecule has 76 valence electrons. The highest BCUT2D eigenvalue weighted by Gasteiger charge is 2.30. The lowest BCUT2D eigenvalue weighted by Crippen LogP contribution is -2.42. The van der Waals surface area contributed by atoms with E-state index in [-0.39, 0.29) is 11.9 Å². The summed E-state index contributed by atoms with van der Waals surface area (Å²) in [5.41, 5.74) is 0. The standard InChI is InChI=1S/C10H15N3O/c1-11-10(14)8-4-3-7-13(8)9-5-2-6-12-9/h2,5-6,8,12H,3-4,7H2,1H3,(H,11,14). The van der Waals surface area contributed by atoms with Crippen LogP contribution >= 0.6 is 0 Å². The van der Waals surface area contributed by atoms with Crippen molar-refractivity contribution in [2.24, 2.45) is 0 Å². The van der Waals surface area contributed by atoms with Gasteiger partial charge in [0, 0.05) is 19.8 Å². The van der Waals surface area contributed by atoms with Crippen LogP contribution in [-0.4, -0.2) is 30.5 Å². The molecule has 2 heterocycles. The number of anilines is 1. The maximum absolute atomic E-state index is 11.6. The molecule has 1 aliphatic heterocycles. The Morgan fingerprint density at radius 2 is 2.57 bits per heavy atom. The molecule has 2 N–H and O–H groups in total. The van der Waals surface area contributed by atoms with Crippen LogP contribution in [0.2, 0.25) is 0 Å². The molecule has 1 saturated heterocycles. The fraction of sp³-hybridized carbons (Fsp3) is 0.500. The number of hydrogen-bond acceptors (Lipinski definition) is 2. The van der Waals surface area contributed by atoms with Gasteiger partial charge in [0.15, 0.2) is 0 Å². The summed E-state index contributed by atoms with van der Waals surface area (Å²) in [5, 5.41) is 2.70. The Bertz CT molecular complexity index is 307. The number of rotatable bonds is 2. The summed E-state index contributed by atoms with van der Waals surface area (Å²) in [4.78, 5) is 16.8. The van der Waals surface area contributed by atoms with E-state index in [1.165, 1.54) is 0 Å². The van der Waals surface area contributed by atoms with E-state index in [1.807, 2.05) is 18.3 Å². The predicted octanol–water partition coefficient (Wildman–Crippen LogP) is 0.729. The molecule has 4 nitrogen and oxygen atoms in total. The van der Waals surface area contributed by atoms with Crippen LogP contribution in [0.3, 0.4) is 0 Å². The highest BCUT2D eigenvalue weighted by Crippen LogP contribution is 2.23. The molecule has 0 radical (unpaired) electrons. The van der Waals surface area contributed by atoms with Crippen molar-refractivity contribution in [2.45, 2.75) is 18.9 Å². The van der Waals surface area contributed by atoms with Crippen molar-refractivity contribution in [1.29, 1.82) is 0 Å². The first-order valence-corrected chi connectivity index (χ1v) is 4.94. The monoisotopic (exact) mass is 193 g/mol. The molecule has 1 amide bonds. The van der Waals surface area contributed by atoms with Crippen molar-refractivity contribution in [1.82, 2.24) is 10.3 Å². The Labute approximate surface area is 83.3 Å². The molecule has 1 aliphatic rings. The van der Waals surface area contributed by atoms with Gasteiger partial charge in [-0.15, -0.1) is 0 Å². The first kappa shape index (κ1) is 9.12. The molecule has 1 fully saturated rings. The van der Waals surface area contributed by atoms with E-state index in [0.29, 0.717) is 0 Å². The largest absolute Gasteiger partial charge is 0.357 e. The van der Waals surface area contributed by atoms with Gasteiger partial charge in [0.2, 0.25) is 5.91 Å². The maximum Gasteiger partial charge on any atom is 0.242 e. The van der Waals surface area contributed by atoms with Crippen LogP contribution in [0, 0.1) is 0 Å². The second-order valence-corrected chi connectivity index (χ2v) is 3.52. The number of nitrogens with one attached hydrogen (secondary N) is 2. The molecule has 1 atom stereocenters. The molecule has 2 rings (SSSR count). The van der Waals surface area contributed by atoms with Gasteiger partial charge in [-0.25, -0.2) is 0 Å². The van der Waals surface area contributed by atoms with Crippen LogP contribution in [0.25, 0.3) is 0 Å². The van der Waals surface area contributed by atoms with Gasteiger partial charge in [-0.3, -0.25) is 4.79 Å². The normalized spacial score (nSPS) is 21.2. The van der Waals surface area contributed by atoms with Crippen LogP contribution in [0.1, 0.15) is 12.8 Å². The Morgan fingerprint density at radius 1 is 1.71 bits per heavy atom. The van der Waals surface area contributed by atoms with Crippen LogP contribution in [0.4, 0.5) is 5.82 Å². The third kappa shape index (κ3) is 1.47. The Hall–Kier alpha value is -1.45. The summed E-state index contributed by atoms with van der Waals surface area (Å²) in [6.07, 6.45) is 3.91. The molecule has 0 spiro atoms. The number of aromatic amines is 1. The van der Waals surface area contributed by atoms with Crippen LogP contribution < -0.4 is 10.2 Å². The molecule has 1 unspecified atom stereocenters. The van der Waals surface area contributed by atoms with Crippen LogP contribution in [0.5, 0.6) is 0 Å². The number of carbonyl (C=O) groups excluding carboxylic acids is 1. The Balaban J connectivity index is 2.15. The van der Waals surface area contributed by atoms with E-state index in [4.69, 9.17) is 0 Å². The van der Waals surface area contributed by atoms with Gasteiger partial charge < -0.3 is 15.2 Å². The molecule has 4 heteroatoms. The van der Waals surface area contributed by atoms with Crippen molar-refractivity contribution >= 4 is 11.7 Å². The van der Waals surface area contributed by atoms with E-state index in [1.54, 1.807) is 7.05 Å². The number of nitrogens with zero attached hydrogens (tertiary/aromatic N) is 1. The number of carbonyl (C=O) groups is 1. The molecule has 0 aliphatic carbocycles. The molecule has 0 aromatic carbocycles. The lowest BCUT2D eigenvalue weighted by atomic mass is 10.2. The van der Waals surface area contributed by atoms with Crippen LogP contribution in [0.15, 0.2) is 18.3 Å². The number of H-pyrrole nitrogens is 1. The van der Waals surface area contributed by atoms with Gasteiger partial charge in [0.25, 0.3) is 0 Å². The third-order valence-corrected chi connectivity index (χ3v) is 2.69. The van der Waals surface area contributed by atoms with Gasteiger partial charge in [-0.05, 0) is 25.0 Å². The summed E-state index contributed by atoms with van der Waals surface area (Å²) >= 11 is 0. The molecule has 1 aromatic heterocycles. The van der Waals surface area contributed by atoms with Crippen molar-refractivity contribution in [3.8, 4) is 0 Å². The predicted molar refractivity (Wildman–Crippen MR) is 55.2 cm³/mol. The fourth-order valence-electron chi connectivity index (χ4n) is 1.99. The third-order valence-electron chi connectivity index (χ3n) is 2.69. The van der Waals surface area contributed by atoms with Gasteiger partial charge in [-0.1, -0.05) is 0 Å². The van der Waals surface area contributed by atoms with Crippen molar-refractivity contribution in [2.75, 3.05) is 18.5 Å². The fourth-order valence-corrected chi connectivity index (χ4v) is 1.99. The molecule has 1 aromatic rings. The molecule has 14 heavy (non-hydrogen) atoms. The topological polar surface area (TPSA) is 48.1 Å². The van der Waals surface area contributed by atoms with E-state index in [0.717, 1.165) is 25.2 Å². The number of hydrogen-bond donors (Lipinski definition) is 2. The Morgan fingerprint density at radius 3 is 3.21 bits per heavy atom. The highest BCUT2D eigenvalue weighted by molar-refractivity contribution is 5.85. The summed E-state index contributed by atoms with van der Waals surface area (Å²) in [6.45, 7) is 0.957. The van der Waals surface area contributed by atoms with E-state index >= 15 is 0 Å². The lowest BCUT2D eigenvalue weighted by molar-refractivity contribution is -0.121. The zero-order valence-electron chi connectivity index (χ0n) is 8.29. The summed E-state index contributed by atoms with van der Waals surface area (Å²) in [5.74, 6) is 1.15. The Kier molecular flexibility index (Phi) is 2.43. The first-order valence-electron chi connectivity index (χ1n) is 4.94. The van der Waals surface area contributed by atoms with Gasteiger partial charge in [0.1, 0.15) is 11.9 Å². The van der Waals surface area contributed by atoms with Gasteiger partial charge >= 0.3 is 0 Å². The zero-order chi connectivity index (χ0) is 9.97. The summed E-state index contributed by atoms with van der Waals surface area (Å²) < 4.78 is 0.